The molecule has 0 heterocycles. The average molecular weight is 303 g/mol. The van der Waals surface area contributed by atoms with Crippen molar-refractivity contribution >= 4 is 17.3 Å². The van der Waals surface area contributed by atoms with Gasteiger partial charge in [-0.2, -0.15) is 0 Å². The summed E-state index contributed by atoms with van der Waals surface area (Å²) in [6, 6.07) is 2.72. The van der Waals surface area contributed by atoms with Crippen LogP contribution in [0.3, 0.4) is 0 Å². The molecule has 0 aliphatic heterocycles. The predicted octanol–water partition coefficient (Wildman–Crippen LogP) is 4.78. The maximum atomic E-state index is 12.4. The normalized spacial score (nSPS) is 10.5. The number of carbonyl (C=O) groups is 3. The second kappa shape index (κ2) is 8.47. The molecule has 0 amide bonds. The van der Waals surface area contributed by atoms with Crippen molar-refractivity contribution < 1.29 is 19.5 Å². The van der Waals surface area contributed by atoms with Crippen molar-refractivity contribution in [3.8, 4) is 5.75 Å². The molecule has 119 valence electrons. The van der Waals surface area contributed by atoms with E-state index in [1.54, 1.807) is 0 Å². The largest absolute Gasteiger partial charge is 0.294 e. The molecule has 4 nitrogen and oxygen atoms in total. The van der Waals surface area contributed by atoms with Gasteiger partial charge in [-0.1, -0.05) is 20.8 Å². The lowest BCUT2D eigenvalue weighted by Crippen LogP contribution is -2.09. The summed E-state index contributed by atoms with van der Waals surface area (Å²) in [5.41, 5.74) is 0.242. The Morgan fingerprint density at radius 2 is 1.09 bits per heavy atom. The van der Waals surface area contributed by atoms with E-state index in [0.29, 0.717) is 31.2 Å². The van der Waals surface area contributed by atoms with Crippen LogP contribution in [0.4, 0.5) is 0 Å². The molecule has 1 rings (SSSR count). The Kier molecular flexibility index (Phi) is 6.96. The van der Waals surface area contributed by atoms with Crippen molar-refractivity contribution in [2.45, 2.75) is 59.3 Å². The fourth-order valence-corrected chi connectivity index (χ4v) is 2.30. The van der Waals surface area contributed by atoms with E-state index < -0.39 is 5.75 Å². The molecule has 0 unspecified atom stereocenters. The minimum absolute atomic E-state index is 0.0248. The number of carbonyl (C=O) groups excluding carboxylic acids is 3. The molecule has 0 fully saturated rings. The van der Waals surface area contributed by atoms with E-state index >= 15 is 0 Å². The van der Waals surface area contributed by atoms with Crippen LogP contribution in [0.5, 0.6) is 5.75 Å². The number of hydrogen-bond acceptors (Lipinski definition) is 3. The summed E-state index contributed by atoms with van der Waals surface area (Å²) in [5.74, 6) is -1.28. The van der Waals surface area contributed by atoms with Gasteiger partial charge < -0.3 is 0 Å². The topological polar surface area (TPSA) is 71.1 Å². The van der Waals surface area contributed by atoms with E-state index in [1.165, 1.54) is 12.1 Å². The van der Waals surface area contributed by atoms with Gasteiger partial charge in [-0.15, -0.1) is 0 Å². The SMILES string of the molecule is CCCC(=O)c1cc(C(=O)CCC)c([O])c(C(=O)CCC)c1. The van der Waals surface area contributed by atoms with Gasteiger partial charge in [0.05, 0.1) is 11.1 Å². The van der Waals surface area contributed by atoms with E-state index in [9.17, 15) is 19.5 Å². The van der Waals surface area contributed by atoms with E-state index in [0.717, 1.165) is 0 Å². The Hall–Kier alpha value is -1.97. The van der Waals surface area contributed by atoms with Crippen LogP contribution in [0.1, 0.15) is 90.4 Å². The molecule has 0 aliphatic rings. The van der Waals surface area contributed by atoms with Gasteiger partial charge in [0.15, 0.2) is 23.1 Å². The minimum atomic E-state index is -0.537. The predicted molar refractivity (Wildman–Crippen MR) is 84.3 cm³/mol. The number of rotatable bonds is 9. The summed E-state index contributed by atoms with van der Waals surface area (Å²) in [5, 5.41) is 12.4. The van der Waals surface area contributed by atoms with Gasteiger partial charge in [0.2, 0.25) is 0 Å². The summed E-state index contributed by atoms with van der Waals surface area (Å²) >= 11 is 0. The van der Waals surface area contributed by atoms with Crippen molar-refractivity contribution in [3.63, 3.8) is 0 Å². The molecule has 0 aliphatic carbocycles. The summed E-state index contributed by atoms with van der Waals surface area (Å²) < 4.78 is 0. The van der Waals surface area contributed by atoms with Gasteiger partial charge in [0.1, 0.15) is 0 Å². The second-order valence-corrected chi connectivity index (χ2v) is 5.42. The summed E-state index contributed by atoms with van der Waals surface area (Å²) in [6.07, 6.45) is 2.72. The fourth-order valence-electron chi connectivity index (χ4n) is 2.30. The minimum Gasteiger partial charge on any atom is -0.294 e. The lowest BCUT2D eigenvalue weighted by Gasteiger charge is -2.09. The van der Waals surface area contributed by atoms with Crippen LogP contribution in [0.2, 0.25) is 0 Å². The average Bonchev–Trinajstić information content (AvgIpc) is 2.48. The van der Waals surface area contributed by atoms with Crippen LogP contribution in [-0.2, 0) is 5.11 Å². The van der Waals surface area contributed by atoms with Crippen molar-refractivity contribution in [1.29, 1.82) is 0 Å². The monoisotopic (exact) mass is 303 g/mol. The molecular formula is C18H23O4. The Morgan fingerprint density at radius 3 is 1.45 bits per heavy atom. The van der Waals surface area contributed by atoms with Crippen LogP contribution in [0.25, 0.3) is 0 Å². The zero-order chi connectivity index (χ0) is 16.7. The Balaban J connectivity index is 3.39. The molecule has 1 aromatic rings. The lowest BCUT2D eigenvalue weighted by molar-refractivity contribution is 0.0974. The molecule has 0 aromatic heterocycles. The molecule has 22 heavy (non-hydrogen) atoms. The van der Waals surface area contributed by atoms with Crippen LogP contribution in [0, 0.1) is 0 Å². The fraction of sp³-hybridized carbons (Fsp3) is 0.500. The maximum absolute atomic E-state index is 12.4. The number of benzene rings is 1. The first kappa shape index (κ1) is 18.1. The van der Waals surface area contributed by atoms with Gasteiger partial charge in [-0.25, -0.2) is 0 Å². The van der Waals surface area contributed by atoms with Crippen molar-refractivity contribution in [3.05, 3.63) is 28.8 Å². The van der Waals surface area contributed by atoms with Crippen LogP contribution < -0.4 is 0 Å². The molecule has 0 atom stereocenters. The smallest absolute Gasteiger partial charge is 0.200 e. The highest BCUT2D eigenvalue weighted by Gasteiger charge is 2.23. The third kappa shape index (κ3) is 4.26. The number of Topliss-reactive ketones (excluding diaryl/α,β-unsaturated/α-hetero) is 3. The molecular weight excluding hydrogens is 280 g/mol. The Morgan fingerprint density at radius 1 is 0.727 bits per heavy atom. The highest BCUT2D eigenvalue weighted by Crippen LogP contribution is 2.29. The molecule has 0 saturated heterocycles. The summed E-state index contributed by atoms with van der Waals surface area (Å²) in [7, 11) is 0. The first-order valence-corrected chi connectivity index (χ1v) is 7.90. The molecule has 0 N–H and O–H groups in total. The quantitative estimate of drug-likeness (QED) is 0.616. The number of ketones is 3. The molecule has 1 aromatic carbocycles. The highest BCUT2D eigenvalue weighted by atomic mass is 16.3. The van der Waals surface area contributed by atoms with Crippen molar-refractivity contribution in [2.24, 2.45) is 0 Å². The van der Waals surface area contributed by atoms with E-state index in [4.69, 9.17) is 0 Å². The van der Waals surface area contributed by atoms with Crippen LogP contribution in [0.15, 0.2) is 12.1 Å². The Labute approximate surface area is 131 Å². The van der Waals surface area contributed by atoms with Gasteiger partial charge in [-0.05, 0) is 31.4 Å². The van der Waals surface area contributed by atoms with Crippen LogP contribution >= 0.6 is 0 Å². The number of hydrogen-bond donors (Lipinski definition) is 0. The summed E-state index contributed by atoms with van der Waals surface area (Å²) in [4.78, 5) is 36.3. The van der Waals surface area contributed by atoms with E-state index in [-0.39, 0.29) is 41.3 Å². The maximum Gasteiger partial charge on any atom is 0.200 e. The van der Waals surface area contributed by atoms with Crippen molar-refractivity contribution in [2.75, 3.05) is 0 Å². The molecule has 0 saturated carbocycles. The Bertz CT molecular complexity index is 533. The third-order valence-corrected chi connectivity index (χ3v) is 3.44. The van der Waals surface area contributed by atoms with Crippen LogP contribution in [-0.4, -0.2) is 17.3 Å². The van der Waals surface area contributed by atoms with E-state index in [1.807, 2.05) is 20.8 Å². The molecule has 4 heteroatoms. The molecule has 1 radical (unpaired) electrons. The van der Waals surface area contributed by atoms with Gasteiger partial charge in [0.25, 0.3) is 0 Å². The van der Waals surface area contributed by atoms with Gasteiger partial charge in [-0.3, -0.25) is 19.5 Å². The zero-order valence-electron chi connectivity index (χ0n) is 13.5. The van der Waals surface area contributed by atoms with Gasteiger partial charge in [0, 0.05) is 24.8 Å². The second-order valence-electron chi connectivity index (χ2n) is 5.42. The first-order valence-electron chi connectivity index (χ1n) is 7.90. The molecule has 0 spiro atoms. The lowest BCUT2D eigenvalue weighted by atomic mass is 9.93. The summed E-state index contributed by atoms with van der Waals surface area (Å²) in [6.45, 7) is 5.57. The van der Waals surface area contributed by atoms with Crippen molar-refractivity contribution in [1.82, 2.24) is 0 Å². The van der Waals surface area contributed by atoms with Gasteiger partial charge >= 0.3 is 0 Å². The highest BCUT2D eigenvalue weighted by molar-refractivity contribution is 6.09. The third-order valence-electron chi connectivity index (χ3n) is 3.44. The zero-order valence-corrected chi connectivity index (χ0v) is 13.5. The molecule has 0 bridgehead atoms. The standard InChI is InChI=1S/C18H23O4/c1-4-7-15(19)12-10-13(16(20)8-5-2)18(22)14(11-12)17(21)9-6-3/h10-11H,4-9H2,1-3H3. The van der Waals surface area contributed by atoms with E-state index in [2.05, 4.69) is 0 Å². The first-order chi connectivity index (χ1) is 10.5.